The molecule has 2 heterocycles. The number of aliphatic imine (C=N–C) groups is 1. The van der Waals surface area contributed by atoms with Gasteiger partial charge in [0.2, 0.25) is 5.82 Å². The molecule has 2 aromatic carbocycles. The first-order valence-corrected chi connectivity index (χ1v) is 8.81. The van der Waals surface area contributed by atoms with Crippen molar-refractivity contribution in [1.29, 1.82) is 0 Å². The molecule has 0 saturated heterocycles. The van der Waals surface area contributed by atoms with Gasteiger partial charge in [0, 0.05) is 5.56 Å². The van der Waals surface area contributed by atoms with Gasteiger partial charge in [0.15, 0.2) is 5.82 Å². The van der Waals surface area contributed by atoms with E-state index in [2.05, 4.69) is 15.1 Å². The summed E-state index contributed by atoms with van der Waals surface area (Å²) in [6.07, 6.45) is -2.90. The normalized spacial score (nSPS) is 15.9. The molecule has 28 heavy (non-hydrogen) atoms. The number of hydrogen-bond donors (Lipinski definition) is 0. The second kappa shape index (κ2) is 6.86. The summed E-state index contributed by atoms with van der Waals surface area (Å²) >= 11 is 12.5. The second-order valence-electron chi connectivity index (χ2n) is 6.05. The molecule has 0 fully saturated rings. The number of alkyl halides is 2. The lowest BCUT2D eigenvalue weighted by Crippen LogP contribution is -2.13. The molecule has 4 rings (SSSR count). The summed E-state index contributed by atoms with van der Waals surface area (Å²) in [7, 11) is 0. The van der Waals surface area contributed by atoms with E-state index in [-0.39, 0.29) is 32.8 Å². The third-order valence-corrected chi connectivity index (χ3v) is 5.08. The molecule has 1 aromatic heterocycles. The van der Waals surface area contributed by atoms with Gasteiger partial charge in [0.1, 0.15) is 17.7 Å². The van der Waals surface area contributed by atoms with Crippen molar-refractivity contribution in [2.24, 2.45) is 4.99 Å². The van der Waals surface area contributed by atoms with Crippen molar-refractivity contribution >= 4 is 28.9 Å². The van der Waals surface area contributed by atoms with Gasteiger partial charge in [-0.05, 0) is 31.2 Å². The monoisotopic (exact) mass is 428 g/mol. The Hall–Kier alpha value is -2.45. The molecule has 1 aliphatic rings. The highest BCUT2D eigenvalue weighted by Gasteiger charge is 2.31. The largest absolute Gasteiger partial charge is 0.299 e. The lowest BCUT2D eigenvalue weighted by Gasteiger charge is -2.14. The van der Waals surface area contributed by atoms with E-state index < -0.39 is 35.5 Å². The number of benzene rings is 2. The summed E-state index contributed by atoms with van der Waals surface area (Å²) < 4.78 is 56.4. The molecule has 3 aromatic rings. The topological polar surface area (TPSA) is 43.1 Å². The molecule has 144 valence electrons. The van der Waals surface area contributed by atoms with Crippen LogP contribution in [0, 0.1) is 11.6 Å². The smallest absolute Gasteiger partial charge is 0.273 e. The summed E-state index contributed by atoms with van der Waals surface area (Å²) in [4.78, 5) is 8.20. The average Bonchev–Trinajstić information content (AvgIpc) is 3.04. The van der Waals surface area contributed by atoms with Crippen LogP contribution < -0.4 is 0 Å². The molecular formula is C18H10Cl2F4N4. The molecule has 4 nitrogen and oxygen atoms in total. The van der Waals surface area contributed by atoms with Gasteiger partial charge in [-0.2, -0.15) is 0 Å². The predicted molar refractivity (Wildman–Crippen MR) is 96.7 cm³/mol. The van der Waals surface area contributed by atoms with E-state index in [9.17, 15) is 17.6 Å². The number of fused-ring (bicyclic) bond motifs is 3. The standard InChI is InChI=1S/C18H10Cl2F4N4/c1-7-18-26-17(16(23)24)27-28(18)11-6-5-8(19)14(20)13(11)15(25-7)12-9(21)3-2-4-10(12)22/h2-7,16H,1H3/t7-/m0/s1. The Morgan fingerprint density at radius 3 is 2.36 bits per heavy atom. The van der Waals surface area contributed by atoms with E-state index >= 15 is 0 Å². The van der Waals surface area contributed by atoms with E-state index in [1.807, 2.05) is 0 Å². The summed E-state index contributed by atoms with van der Waals surface area (Å²) in [5.74, 6) is -2.31. The first-order chi connectivity index (χ1) is 13.3. The number of nitrogens with zero attached hydrogens (tertiary/aromatic N) is 4. The van der Waals surface area contributed by atoms with Gasteiger partial charge >= 0.3 is 0 Å². The third-order valence-electron chi connectivity index (χ3n) is 4.28. The zero-order valence-corrected chi connectivity index (χ0v) is 15.6. The predicted octanol–water partition coefficient (Wildman–Crippen LogP) is 5.70. The lowest BCUT2D eigenvalue weighted by molar-refractivity contribution is 0.140. The zero-order valence-electron chi connectivity index (χ0n) is 14.1. The van der Waals surface area contributed by atoms with E-state index in [1.165, 1.54) is 18.2 Å². The first-order valence-electron chi connectivity index (χ1n) is 8.05. The van der Waals surface area contributed by atoms with Crippen molar-refractivity contribution in [2.45, 2.75) is 19.4 Å². The van der Waals surface area contributed by atoms with Gasteiger partial charge in [0.25, 0.3) is 6.43 Å². The highest BCUT2D eigenvalue weighted by atomic mass is 35.5. The van der Waals surface area contributed by atoms with Gasteiger partial charge < -0.3 is 0 Å². The van der Waals surface area contributed by atoms with Gasteiger partial charge in [0.05, 0.1) is 27.0 Å². The highest BCUT2D eigenvalue weighted by Crippen LogP contribution is 2.38. The maximum atomic E-state index is 14.5. The van der Waals surface area contributed by atoms with Crippen LogP contribution >= 0.6 is 23.2 Å². The molecule has 1 atom stereocenters. The van der Waals surface area contributed by atoms with Crippen LogP contribution in [0.4, 0.5) is 17.6 Å². The Kier molecular flexibility index (Phi) is 4.63. The molecule has 0 aliphatic carbocycles. The molecule has 0 unspecified atom stereocenters. The minimum absolute atomic E-state index is 0.0327. The van der Waals surface area contributed by atoms with Crippen LogP contribution in [0.3, 0.4) is 0 Å². The Bertz CT molecular complexity index is 1110. The summed E-state index contributed by atoms with van der Waals surface area (Å²) in [5.41, 5.74) is -0.236. The second-order valence-corrected chi connectivity index (χ2v) is 6.83. The van der Waals surface area contributed by atoms with Crippen LogP contribution in [-0.4, -0.2) is 20.5 Å². The fourth-order valence-corrected chi connectivity index (χ4v) is 3.46. The van der Waals surface area contributed by atoms with Crippen LogP contribution in [-0.2, 0) is 0 Å². The third kappa shape index (κ3) is 2.87. The van der Waals surface area contributed by atoms with Gasteiger partial charge in [-0.15, -0.1) is 5.10 Å². The van der Waals surface area contributed by atoms with E-state index in [0.717, 1.165) is 16.8 Å². The summed E-state index contributed by atoms with van der Waals surface area (Å²) in [6.45, 7) is 1.55. The number of hydrogen-bond acceptors (Lipinski definition) is 3. The van der Waals surface area contributed by atoms with Crippen molar-refractivity contribution in [3.05, 3.63) is 74.8 Å². The molecular weight excluding hydrogens is 419 g/mol. The van der Waals surface area contributed by atoms with Crippen molar-refractivity contribution in [2.75, 3.05) is 0 Å². The van der Waals surface area contributed by atoms with Crippen LogP contribution in [0.15, 0.2) is 35.3 Å². The van der Waals surface area contributed by atoms with Crippen LogP contribution in [0.5, 0.6) is 0 Å². The summed E-state index contributed by atoms with van der Waals surface area (Å²) in [5, 5.41) is 3.91. The highest BCUT2D eigenvalue weighted by molar-refractivity contribution is 6.45. The maximum Gasteiger partial charge on any atom is 0.299 e. The van der Waals surface area contributed by atoms with E-state index in [0.29, 0.717) is 0 Å². The first kappa shape index (κ1) is 18.9. The average molecular weight is 429 g/mol. The van der Waals surface area contributed by atoms with Crippen LogP contribution in [0.1, 0.15) is 42.2 Å². The van der Waals surface area contributed by atoms with Gasteiger partial charge in [-0.1, -0.05) is 29.3 Å². The van der Waals surface area contributed by atoms with Crippen molar-refractivity contribution in [3.63, 3.8) is 0 Å². The van der Waals surface area contributed by atoms with Gasteiger partial charge in [-0.3, -0.25) is 4.99 Å². The Morgan fingerprint density at radius 1 is 1.04 bits per heavy atom. The Labute approximate surface area is 166 Å². The fourth-order valence-electron chi connectivity index (χ4n) is 3.05. The minimum Gasteiger partial charge on any atom is -0.273 e. The molecule has 0 radical (unpaired) electrons. The number of rotatable bonds is 2. The Morgan fingerprint density at radius 2 is 1.71 bits per heavy atom. The number of halogens is 6. The molecule has 0 amide bonds. The van der Waals surface area contributed by atoms with Gasteiger partial charge in [-0.25, -0.2) is 27.2 Å². The van der Waals surface area contributed by atoms with Crippen LogP contribution in [0.2, 0.25) is 10.0 Å². The SMILES string of the molecule is C[C@@H]1N=C(c2c(F)cccc2F)c2c(ccc(Cl)c2Cl)-n2nc(C(F)F)nc21. The van der Waals surface area contributed by atoms with Crippen molar-refractivity contribution in [1.82, 2.24) is 14.8 Å². The van der Waals surface area contributed by atoms with E-state index in [4.69, 9.17) is 23.2 Å². The molecule has 0 N–H and O–H groups in total. The molecule has 1 aliphatic heterocycles. The number of aromatic nitrogens is 3. The quantitative estimate of drug-likeness (QED) is 0.491. The molecule has 10 heteroatoms. The van der Waals surface area contributed by atoms with E-state index in [1.54, 1.807) is 6.92 Å². The summed E-state index contributed by atoms with van der Waals surface area (Å²) in [6, 6.07) is 5.44. The van der Waals surface area contributed by atoms with Crippen molar-refractivity contribution < 1.29 is 17.6 Å². The maximum absolute atomic E-state index is 14.5. The fraction of sp³-hybridized carbons (Fsp3) is 0.167. The Balaban J connectivity index is 2.09. The molecule has 0 spiro atoms. The lowest BCUT2D eigenvalue weighted by atomic mass is 9.99. The van der Waals surface area contributed by atoms with Crippen molar-refractivity contribution in [3.8, 4) is 5.69 Å². The molecule has 0 bridgehead atoms. The molecule has 0 saturated carbocycles. The minimum atomic E-state index is -2.90. The van der Waals surface area contributed by atoms with Crippen LogP contribution in [0.25, 0.3) is 5.69 Å². The zero-order chi connectivity index (χ0) is 20.2.